The van der Waals surface area contributed by atoms with E-state index < -0.39 is 54.5 Å². The highest BCUT2D eigenvalue weighted by atomic mass is 35.5. The number of halogens is 4. The topological polar surface area (TPSA) is 82.6 Å². The molecule has 0 bridgehead atoms. The fraction of sp³-hybridized carbons (Fsp3) is 0.286. The summed E-state index contributed by atoms with van der Waals surface area (Å²) in [6.45, 7) is 0. The highest BCUT2D eigenvalue weighted by molar-refractivity contribution is 6.31. The molecule has 2 fully saturated rings. The van der Waals surface area contributed by atoms with Gasteiger partial charge in [-0.3, -0.25) is 24.2 Å². The van der Waals surface area contributed by atoms with Crippen molar-refractivity contribution in [3.8, 4) is 0 Å². The van der Waals surface area contributed by atoms with Crippen LogP contribution >= 0.6 is 11.6 Å². The summed E-state index contributed by atoms with van der Waals surface area (Å²) in [6.07, 6.45) is 0.607. The average Bonchev–Trinajstić information content (AvgIpc) is 3.28. The Morgan fingerprint density at radius 1 is 1.08 bits per heavy atom. The van der Waals surface area contributed by atoms with Crippen molar-refractivity contribution in [3.63, 3.8) is 0 Å². The van der Waals surface area contributed by atoms with Gasteiger partial charge in [0.25, 0.3) is 11.8 Å². The van der Waals surface area contributed by atoms with Crippen LogP contribution in [0.15, 0.2) is 72.9 Å². The van der Waals surface area contributed by atoms with Gasteiger partial charge >= 0.3 is 0 Å². The molecule has 3 aromatic rings. The molecule has 7 nitrogen and oxygen atoms in total. The summed E-state index contributed by atoms with van der Waals surface area (Å²) in [6, 6.07) is 13.1. The van der Waals surface area contributed by atoms with Gasteiger partial charge in [0.2, 0.25) is 11.8 Å². The van der Waals surface area contributed by atoms with E-state index in [-0.39, 0.29) is 40.8 Å². The highest BCUT2D eigenvalue weighted by Crippen LogP contribution is 2.39. The minimum absolute atomic E-state index is 0.0410. The number of hydrogen-bond acceptors (Lipinski definition) is 4. The molecule has 0 spiro atoms. The molecule has 1 aromatic heterocycles. The molecule has 39 heavy (non-hydrogen) atoms. The first-order chi connectivity index (χ1) is 18.6. The van der Waals surface area contributed by atoms with E-state index in [4.69, 9.17) is 11.6 Å². The first-order valence-electron chi connectivity index (χ1n) is 12.4. The molecule has 2 aliphatic rings. The number of rotatable bonds is 7. The second-order valence-corrected chi connectivity index (χ2v) is 10.00. The number of nitrogens with zero attached hydrogens (tertiary/aromatic N) is 3. The van der Waals surface area contributed by atoms with Crippen LogP contribution in [-0.4, -0.2) is 40.7 Å². The number of alkyl halides is 2. The van der Waals surface area contributed by atoms with Crippen LogP contribution in [0, 0.1) is 5.82 Å². The van der Waals surface area contributed by atoms with Gasteiger partial charge in [-0.25, -0.2) is 18.2 Å². The zero-order chi connectivity index (χ0) is 27.7. The van der Waals surface area contributed by atoms with E-state index in [0.717, 1.165) is 11.0 Å². The maximum atomic E-state index is 14.5. The Hall–Kier alpha value is -3.92. The van der Waals surface area contributed by atoms with E-state index >= 15 is 0 Å². The summed E-state index contributed by atoms with van der Waals surface area (Å²) in [4.78, 5) is 47.5. The lowest BCUT2D eigenvalue weighted by Crippen LogP contribution is -2.56. The number of carbonyl (C=O) groups is 3. The Kier molecular flexibility index (Phi) is 7.31. The van der Waals surface area contributed by atoms with E-state index in [1.54, 1.807) is 30.3 Å². The van der Waals surface area contributed by atoms with Crippen molar-refractivity contribution < 1.29 is 27.6 Å². The van der Waals surface area contributed by atoms with Crippen molar-refractivity contribution in [2.45, 2.75) is 49.7 Å². The Morgan fingerprint density at radius 3 is 2.49 bits per heavy atom. The van der Waals surface area contributed by atoms with Gasteiger partial charge in [-0.05, 0) is 42.8 Å². The molecule has 0 radical (unpaired) electrons. The van der Waals surface area contributed by atoms with Gasteiger partial charge in [0.05, 0.1) is 0 Å². The standard InChI is InChI=1S/C28H24ClF3N4O3/c29-21-9-2-1-8-20(21)25(26(38)34-18-15-28(31,32)16-18)35(19-7-5-6-17(30)14-19)27(39)22-11-12-24(37)36(22)23-10-3-4-13-33-23/h1-10,13-14,18,22,25H,11-12,15-16H2,(H,34,38)/t22?,25-/m0/s1. The van der Waals surface area contributed by atoms with E-state index in [9.17, 15) is 27.6 Å². The third kappa shape index (κ3) is 5.47. The van der Waals surface area contributed by atoms with Crippen LogP contribution in [0.3, 0.4) is 0 Å². The van der Waals surface area contributed by atoms with Gasteiger partial charge < -0.3 is 5.32 Å². The number of pyridine rings is 1. The minimum atomic E-state index is -2.89. The molecule has 1 saturated carbocycles. The van der Waals surface area contributed by atoms with Gasteiger partial charge in [-0.2, -0.15) is 0 Å². The van der Waals surface area contributed by atoms with Crippen molar-refractivity contribution in [1.29, 1.82) is 0 Å². The van der Waals surface area contributed by atoms with Crippen molar-refractivity contribution in [3.05, 3.63) is 89.3 Å². The number of benzene rings is 2. The molecule has 1 aliphatic carbocycles. The van der Waals surface area contributed by atoms with Crippen LogP contribution < -0.4 is 15.1 Å². The Balaban J connectivity index is 1.60. The number of hydrogen-bond donors (Lipinski definition) is 1. The molecule has 11 heteroatoms. The zero-order valence-electron chi connectivity index (χ0n) is 20.6. The molecule has 2 heterocycles. The summed E-state index contributed by atoms with van der Waals surface area (Å²) in [5, 5.41) is 2.75. The molecular formula is C28H24ClF3N4O3. The Bertz CT molecular complexity index is 1400. The van der Waals surface area contributed by atoms with E-state index in [2.05, 4.69) is 10.3 Å². The van der Waals surface area contributed by atoms with Crippen molar-refractivity contribution >= 4 is 40.8 Å². The maximum Gasteiger partial charge on any atom is 0.252 e. The molecule has 1 N–H and O–H groups in total. The lowest BCUT2D eigenvalue weighted by molar-refractivity contribution is -0.133. The van der Waals surface area contributed by atoms with E-state index in [0.29, 0.717) is 0 Å². The zero-order valence-corrected chi connectivity index (χ0v) is 21.3. The fourth-order valence-electron chi connectivity index (χ4n) is 5.03. The summed E-state index contributed by atoms with van der Waals surface area (Å²) in [5.74, 6) is -5.05. The third-order valence-electron chi connectivity index (χ3n) is 6.86. The van der Waals surface area contributed by atoms with E-state index in [1.165, 1.54) is 41.4 Å². The molecule has 1 saturated heterocycles. The summed E-state index contributed by atoms with van der Waals surface area (Å²) >= 11 is 6.48. The van der Waals surface area contributed by atoms with Crippen molar-refractivity contribution in [2.24, 2.45) is 0 Å². The normalized spacial score (nSPS) is 19.3. The molecule has 5 rings (SSSR count). The number of amides is 3. The van der Waals surface area contributed by atoms with Gasteiger partial charge in [0.1, 0.15) is 23.7 Å². The van der Waals surface area contributed by atoms with Crippen LogP contribution in [0.5, 0.6) is 0 Å². The molecule has 202 valence electrons. The fourth-order valence-corrected chi connectivity index (χ4v) is 5.27. The SMILES string of the molecule is O=C(NC1CC(F)(F)C1)[C@H](c1ccccc1Cl)N(C(=O)C1CCC(=O)N1c1ccccn1)c1cccc(F)c1. The van der Waals surface area contributed by atoms with Crippen molar-refractivity contribution in [2.75, 3.05) is 9.80 Å². The quantitative estimate of drug-likeness (QED) is 0.441. The maximum absolute atomic E-state index is 14.5. The predicted molar refractivity (Wildman–Crippen MR) is 139 cm³/mol. The lowest BCUT2D eigenvalue weighted by atomic mass is 9.87. The molecule has 1 aliphatic heterocycles. The van der Waals surface area contributed by atoms with Crippen molar-refractivity contribution in [1.82, 2.24) is 10.3 Å². The Labute approximate surface area is 227 Å². The number of anilines is 2. The monoisotopic (exact) mass is 556 g/mol. The summed E-state index contributed by atoms with van der Waals surface area (Å²) in [7, 11) is 0. The molecular weight excluding hydrogens is 533 g/mol. The number of nitrogens with one attached hydrogen (secondary N) is 1. The number of aromatic nitrogens is 1. The summed E-state index contributed by atoms with van der Waals surface area (Å²) < 4.78 is 41.5. The highest BCUT2D eigenvalue weighted by Gasteiger charge is 2.48. The molecule has 2 aromatic carbocycles. The van der Waals surface area contributed by atoms with Gasteiger partial charge in [0, 0.05) is 47.8 Å². The minimum Gasteiger partial charge on any atom is -0.351 e. The van der Waals surface area contributed by atoms with E-state index in [1.807, 2.05) is 0 Å². The van der Waals surface area contributed by atoms with Gasteiger partial charge in [-0.15, -0.1) is 0 Å². The molecule has 3 amide bonds. The molecule has 1 unspecified atom stereocenters. The smallest absolute Gasteiger partial charge is 0.252 e. The van der Waals surface area contributed by atoms with Crippen LogP contribution in [0.4, 0.5) is 24.7 Å². The van der Waals surface area contributed by atoms with Crippen LogP contribution in [-0.2, 0) is 14.4 Å². The first kappa shape index (κ1) is 26.7. The van der Waals surface area contributed by atoms with Crippen LogP contribution in [0.1, 0.15) is 37.3 Å². The average molecular weight is 557 g/mol. The Morgan fingerprint density at radius 2 is 1.82 bits per heavy atom. The second-order valence-electron chi connectivity index (χ2n) is 9.59. The molecule has 2 atom stereocenters. The van der Waals surface area contributed by atoms with Crippen LogP contribution in [0.25, 0.3) is 0 Å². The largest absolute Gasteiger partial charge is 0.351 e. The van der Waals surface area contributed by atoms with Gasteiger partial charge in [-0.1, -0.05) is 41.9 Å². The number of carbonyl (C=O) groups excluding carboxylic acids is 3. The van der Waals surface area contributed by atoms with Gasteiger partial charge in [0.15, 0.2) is 0 Å². The lowest BCUT2D eigenvalue weighted by Gasteiger charge is -2.39. The first-order valence-corrected chi connectivity index (χ1v) is 12.8. The second kappa shape index (κ2) is 10.7. The summed E-state index contributed by atoms with van der Waals surface area (Å²) in [5.41, 5.74) is 0.258. The third-order valence-corrected chi connectivity index (χ3v) is 7.20. The van der Waals surface area contributed by atoms with Crippen LogP contribution in [0.2, 0.25) is 5.02 Å². The predicted octanol–water partition coefficient (Wildman–Crippen LogP) is 5.06.